The van der Waals surface area contributed by atoms with Gasteiger partial charge in [-0.3, -0.25) is 43.2 Å². The van der Waals surface area contributed by atoms with Crippen LogP contribution in [0.1, 0.15) is 73.1 Å². The smallest absolute Gasteiger partial charge is 0.358 e. The number of amides is 6. The standard InChI is InChI=1S/C10H13NO6S.C9H11NO5S.C8H9NO5S.CH4/c1-7(12)18-5-4-16-6-10(15)17-11-8(13)2-3-9(11)14;1-6(11)16-5-4-9(14)15-10-7(12)2-3-8(10)13;1-5(10)15-4-8(13)14-9-6(11)2-3-7(9)12;/h2-6H2,1H3;2-5H2,1H3;2-4H2,1H3;1H4. The van der Waals surface area contributed by atoms with Crippen molar-refractivity contribution in [3.05, 3.63) is 0 Å². The molecule has 0 aromatic rings. The van der Waals surface area contributed by atoms with Gasteiger partial charge in [0, 0.05) is 70.8 Å². The summed E-state index contributed by atoms with van der Waals surface area (Å²) in [7, 11) is 0. The minimum Gasteiger partial charge on any atom is -0.369 e. The SMILES string of the molecule is C.CC(=O)SCC(=O)ON1C(=O)CCC1=O.CC(=O)SCCC(=O)ON1C(=O)CCC1=O.CC(=O)SCCOCC(=O)ON1C(=O)CCC1=O. The number of nitrogens with zero attached hydrogens (tertiary/aromatic N) is 3. The van der Waals surface area contributed by atoms with E-state index in [1.165, 1.54) is 20.8 Å². The Morgan fingerprint density at radius 1 is 0.520 bits per heavy atom. The molecule has 6 amide bonds. The molecule has 0 unspecified atom stereocenters. The van der Waals surface area contributed by atoms with Crippen LogP contribution in [0, 0.1) is 0 Å². The van der Waals surface area contributed by atoms with Gasteiger partial charge in [-0.1, -0.05) is 42.7 Å². The molecule has 3 rings (SSSR count). The van der Waals surface area contributed by atoms with Crippen molar-refractivity contribution in [2.75, 3.05) is 30.5 Å². The number of rotatable bonds is 13. The van der Waals surface area contributed by atoms with Gasteiger partial charge in [-0.05, 0) is 0 Å². The first-order valence-electron chi connectivity index (χ1n) is 14.2. The zero-order valence-corrected chi connectivity index (χ0v) is 29.0. The van der Waals surface area contributed by atoms with Gasteiger partial charge in [0.2, 0.25) is 0 Å². The third kappa shape index (κ3) is 18.6. The maximum Gasteiger partial charge on any atom is 0.358 e. The lowest BCUT2D eigenvalue weighted by Gasteiger charge is -2.12. The summed E-state index contributed by atoms with van der Waals surface area (Å²) in [5.74, 6) is -4.87. The number of carbonyl (C=O) groups is 12. The van der Waals surface area contributed by atoms with Crippen LogP contribution in [-0.2, 0) is 76.8 Å². The van der Waals surface area contributed by atoms with Crippen LogP contribution in [0.5, 0.6) is 0 Å². The van der Waals surface area contributed by atoms with E-state index >= 15 is 0 Å². The summed E-state index contributed by atoms with van der Waals surface area (Å²) >= 11 is 2.84. The molecular weight excluding hydrogens is 731 g/mol. The van der Waals surface area contributed by atoms with Crippen LogP contribution in [0.25, 0.3) is 0 Å². The molecule has 3 aliphatic heterocycles. The molecule has 278 valence electrons. The van der Waals surface area contributed by atoms with Crippen molar-refractivity contribution in [3.63, 3.8) is 0 Å². The Morgan fingerprint density at radius 3 is 1.24 bits per heavy atom. The Labute approximate surface area is 298 Å². The summed E-state index contributed by atoms with van der Waals surface area (Å²) < 4.78 is 4.93. The number of ether oxygens (including phenoxy) is 1. The zero-order valence-electron chi connectivity index (χ0n) is 26.6. The van der Waals surface area contributed by atoms with Crippen molar-refractivity contribution in [1.82, 2.24) is 15.2 Å². The largest absolute Gasteiger partial charge is 0.369 e. The van der Waals surface area contributed by atoms with E-state index in [9.17, 15) is 57.5 Å². The van der Waals surface area contributed by atoms with Crippen molar-refractivity contribution in [2.45, 2.75) is 73.1 Å². The quantitative estimate of drug-likeness (QED) is 0.184. The van der Waals surface area contributed by atoms with Crippen LogP contribution in [-0.4, -0.2) is 114 Å². The molecule has 3 aliphatic rings. The van der Waals surface area contributed by atoms with Gasteiger partial charge in [-0.25, -0.2) is 14.4 Å². The van der Waals surface area contributed by atoms with E-state index in [-0.39, 0.29) is 92.4 Å². The van der Waals surface area contributed by atoms with Gasteiger partial charge < -0.3 is 19.2 Å². The minimum atomic E-state index is -0.813. The normalized spacial score (nSPS) is 15.1. The zero-order chi connectivity index (χ0) is 37.1. The van der Waals surface area contributed by atoms with E-state index in [4.69, 9.17) is 4.74 Å². The van der Waals surface area contributed by atoms with Crippen LogP contribution in [0.3, 0.4) is 0 Å². The van der Waals surface area contributed by atoms with E-state index < -0.39 is 53.4 Å². The average molecular weight is 768 g/mol. The summed E-state index contributed by atoms with van der Waals surface area (Å²) in [6.45, 7) is 3.98. The predicted molar refractivity (Wildman–Crippen MR) is 173 cm³/mol. The lowest BCUT2D eigenvalue weighted by atomic mass is 10.4. The summed E-state index contributed by atoms with van der Waals surface area (Å²) in [6, 6.07) is 0. The number of hydrogen-bond donors (Lipinski definition) is 0. The van der Waals surface area contributed by atoms with Crippen LogP contribution >= 0.6 is 35.3 Å². The van der Waals surface area contributed by atoms with Gasteiger partial charge in [0.1, 0.15) is 12.4 Å². The van der Waals surface area contributed by atoms with Crippen molar-refractivity contribution >= 4 is 104 Å². The third-order valence-corrected chi connectivity index (χ3v) is 7.73. The predicted octanol–water partition coefficient (Wildman–Crippen LogP) is 0.663. The maximum absolute atomic E-state index is 11.2. The van der Waals surface area contributed by atoms with Crippen molar-refractivity contribution < 1.29 is 76.8 Å². The van der Waals surface area contributed by atoms with Crippen LogP contribution in [0.2, 0.25) is 0 Å². The highest BCUT2D eigenvalue weighted by atomic mass is 32.2. The highest BCUT2D eigenvalue weighted by Crippen LogP contribution is 2.15. The minimum absolute atomic E-state index is 0. The molecule has 3 saturated heterocycles. The molecule has 50 heavy (non-hydrogen) atoms. The first kappa shape index (κ1) is 45.9. The Balaban J connectivity index is 0.000000716. The summed E-state index contributed by atoms with van der Waals surface area (Å²) in [5.41, 5.74) is 0. The Bertz CT molecular complexity index is 1310. The molecular formula is C28H37N3O16S3. The van der Waals surface area contributed by atoms with Crippen molar-refractivity contribution in [1.29, 1.82) is 0 Å². The number of hydroxylamine groups is 6. The van der Waals surface area contributed by atoms with Crippen LogP contribution in [0.15, 0.2) is 0 Å². The first-order valence-corrected chi connectivity index (χ1v) is 17.1. The molecule has 0 atom stereocenters. The highest BCUT2D eigenvalue weighted by Gasteiger charge is 2.34. The fourth-order valence-electron chi connectivity index (χ4n) is 3.22. The number of carbonyl (C=O) groups excluding carboxylic acids is 12. The number of hydrogen-bond acceptors (Lipinski definition) is 19. The monoisotopic (exact) mass is 767 g/mol. The molecule has 0 aliphatic carbocycles. The lowest BCUT2D eigenvalue weighted by Crippen LogP contribution is -2.33. The van der Waals surface area contributed by atoms with Gasteiger partial charge >= 0.3 is 17.9 Å². The first-order chi connectivity index (χ1) is 23.0. The second kappa shape index (κ2) is 24.1. The lowest BCUT2D eigenvalue weighted by molar-refractivity contribution is -0.200. The molecule has 0 radical (unpaired) electrons. The average Bonchev–Trinajstić information content (AvgIpc) is 3.63. The molecule has 0 saturated carbocycles. The number of imide groups is 3. The van der Waals surface area contributed by atoms with E-state index in [0.29, 0.717) is 20.9 Å². The fraction of sp³-hybridized carbons (Fsp3) is 0.571. The van der Waals surface area contributed by atoms with Gasteiger partial charge in [0.05, 0.1) is 13.0 Å². The van der Waals surface area contributed by atoms with Crippen molar-refractivity contribution in [2.24, 2.45) is 0 Å². The second-order valence-corrected chi connectivity index (χ2v) is 13.1. The summed E-state index contributed by atoms with van der Waals surface area (Å²) in [4.78, 5) is 145. The van der Waals surface area contributed by atoms with Crippen LogP contribution in [0.4, 0.5) is 0 Å². The molecule has 0 spiro atoms. The summed E-state index contributed by atoms with van der Waals surface area (Å²) in [6.07, 6.45) is 0.381. The molecule has 0 bridgehead atoms. The second-order valence-electron chi connectivity index (χ2n) is 9.40. The maximum atomic E-state index is 11.2. The topological polar surface area (TPSA) is 251 Å². The highest BCUT2D eigenvalue weighted by molar-refractivity contribution is 8.14. The Kier molecular flexibility index (Phi) is 22.1. The fourth-order valence-corrected chi connectivity index (χ4v) is 4.63. The van der Waals surface area contributed by atoms with E-state index in [1.54, 1.807) is 0 Å². The molecule has 3 fully saturated rings. The van der Waals surface area contributed by atoms with Crippen LogP contribution < -0.4 is 0 Å². The molecule has 0 aromatic heterocycles. The number of thioether (sulfide) groups is 3. The van der Waals surface area contributed by atoms with Gasteiger partial charge in [0.25, 0.3) is 35.4 Å². The molecule has 22 heteroatoms. The summed E-state index contributed by atoms with van der Waals surface area (Å²) in [5, 5.41) is 1.07. The van der Waals surface area contributed by atoms with E-state index in [2.05, 4.69) is 14.5 Å². The molecule has 0 aromatic carbocycles. The molecule has 19 nitrogen and oxygen atoms in total. The third-order valence-electron chi connectivity index (χ3n) is 5.35. The van der Waals surface area contributed by atoms with Gasteiger partial charge in [0.15, 0.2) is 15.3 Å². The molecule has 0 N–H and O–H groups in total. The van der Waals surface area contributed by atoms with Gasteiger partial charge in [-0.2, -0.15) is 0 Å². The Morgan fingerprint density at radius 2 is 0.860 bits per heavy atom. The van der Waals surface area contributed by atoms with E-state index in [0.717, 1.165) is 35.3 Å². The van der Waals surface area contributed by atoms with E-state index in [1.807, 2.05) is 0 Å². The Hall–Kier alpha value is -4.15. The van der Waals surface area contributed by atoms with Crippen molar-refractivity contribution in [3.8, 4) is 0 Å². The van der Waals surface area contributed by atoms with Gasteiger partial charge in [-0.15, -0.1) is 15.2 Å². The molecule has 3 heterocycles.